The molecule has 4 rings (SSSR count). The SMILES string of the molecule is Cc1ccc(N2C(=O)NC(=O)/C(=C\c3cccc4ccccc34)C2=O)cc1. The predicted octanol–water partition coefficient (Wildman–Crippen LogP) is 3.81. The van der Waals surface area contributed by atoms with E-state index in [0.717, 1.165) is 26.8 Å². The number of amides is 4. The van der Waals surface area contributed by atoms with Crippen molar-refractivity contribution >= 4 is 40.4 Å². The molecule has 1 heterocycles. The van der Waals surface area contributed by atoms with Crippen LogP contribution in [-0.2, 0) is 9.59 Å². The van der Waals surface area contributed by atoms with Gasteiger partial charge in [-0.1, -0.05) is 60.2 Å². The Hall–Kier alpha value is -3.73. The molecule has 0 atom stereocenters. The fourth-order valence-corrected chi connectivity index (χ4v) is 3.12. The van der Waals surface area contributed by atoms with Crippen molar-refractivity contribution in [2.45, 2.75) is 6.92 Å². The van der Waals surface area contributed by atoms with Crippen molar-refractivity contribution in [1.82, 2.24) is 5.32 Å². The average Bonchev–Trinajstić information content (AvgIpc) is 2.66. The van der Waals surface area contributed by atoms with Crippen molar-refractivity contribution < 1.29 is 14.4 Å². The molecule has 0 saturated carbocycles. The lowest BCUT2D eigenvalue weighted by molar-refractivity contribution is -0.122. The number of hydrogen-bond acceptors (Lipinski definition) is 3. The van der Waals surface area contributed by atoms with Crippen molar-refractivity contribution in [3.63, 3.8) is 0 Å². The van der Waals surface area contributed by atoms with Crippen LogP contribution in [0.2, 0.25) is 0 Å². The molecule has 5 heteroatoms. The molecule has 0 radical (unpaired) electrons. The number of imide groups is 2. The number of anilines is 1. The van der Waals surface area contributed by atoms with Gasteiger partial charge in [0.05, 0.1) is 5.69 Å². The van der Waals surface area contributed by atoms with Gasteiger partial charge in [-0.3, -0.25) is 14.9 Å². The maximum absolute atomic E-state index is 12.9. The Morgan fingerprint density at radius 3 is 2.33 bits per heavy atom. The second kappa shape index (κ2) is 6.53. The van der Waals surface area contributed by atoms with Gasteiger partial charge in [0.25, 0.3) is 11.8 Å². The average molecular weight is 356 g/mol. The molecule has 3 aromatic carbocycles. The van der Waals surface area contributed by atoms with Crippen LogP contribution in [-0.4, -0.2) is 17.8 Å². The van der Waals surface area contributed by atoms with Crippen molar-refractivity contribution in [3.8, 4) is 0 Å². The maximum atomic E-state index is 12.9. The first kappa shape index (κ1) is 16.7. The lowest BCUT2D eigenvalue weighted by Gasteiger charge is -2.26. The molecule has 3 aromatic rings. The second-order valence-electron chi connectivity index (χ2n) is 6.36. The van der Waals surface area contributed by atoms with Crippen LogP contribution in [0.15, 0.2) is 72.3 Å². The van der Waals surface area contributed by atoms with E-state index in [1.165, 1.54) is 6.08 Å². The number of nitrogens with one attached hydrogen (secondary N) is 1. The highest BCUT2D eigenvalue weighted by Gasteiger charge is 2.36. The van der Waals surface area contributed by atoms with Crippen LogP contribution in [0.3, 0.4) is 0 Å². The Morgan fingerprint density at radius 2 is 1.56 bits per heavy atom. The van der Waals surface area contributed by atoms with Gasteiger partial charge in [0, 0.05) is 0 Å². The first-order valence-corrected chi connectivity index (χ1v) is 8.50. The summed E-state index contributed by atoms with van der Waals surface area (Å²) in [5.41, 5.74) is 2.09. The molecule has 1 aliphatic heterocycles. The number of fused-ring (bicyclic) bond motifs is 1. The summed E-state index contributed by atoms with van der Waals surface area (Å²) in [5.74, 6) is -1.33. The molecular formula is C22H16N2O3. The normalized spacial score (nSPS) is 16.1. The zero-order valence-electron chi connectivity index (χ0n) is 14.6. The van der Waals surface area contributed by atoms with E-state index in [0.29, 0.717) is 5.69 Å². The molecule has 0 bridgehead atoms. The summed E-state index contributed by atoms with van der Waals surface area (Å²) < 4.78 is 0. The third kappa shape index (κ3) is 3.00. The number of nitrogens with zero attached hydrogens (tertiary/aromatic N) is 1. The van der Waals surface area contributed by atoms with E-state index in [2.05, 4.69) is 5.32 Å². The standard InChI is InChI=1S/C22H16N2O3/c1-14-9-11-17(12-10-14)24-21(26)19(20(25)23-22(24)27)13-16-7-4-6-15-5-2-3-8-18(15)16/h2-13H,1H3,(H,23,25,27)/b19-13+. The van der Waals surface area contributed by atoms with Crippen LogP contribution < -0.4 is 10.2 Å². The van der Waals surface area contributed by atoms with E-state index in [1.807, 2.05) is 49.4 Å². The van der Waals surface area contributed by atoms with E-state index in [1.54, 1.807) is 24.3 Å². The Morgan fingerprint density at radius 1 is 0.852 bits per heavy atom. The Kier molecular flexibility index (Phi) is 4.05. The molecule has 0 unspecified atom stereocenters. The number of barbiturate groups is 1. The van der Waals surface area contributed by atoms with Crippen LogP contribution in [0, 0.1) is 6.92 Å². The summed E-state index contributed by atoms with van der Waals surface area (Å²) >= 11 is 0. The van der Waals surface area contributed by atoms with Gasteiger partial charge < -0.3 is 0 Å². The van der Waals surface area contributed by atoms with Crippen LogP contribution in [0.4, 0.5) is 10.5 Å². The van der Waals surface area contributed by atoms with Gasteiger partial charge in [0.2, 0.25) is 0 Å². The van der Waals surface area contributed by atoms with Gasteiger partial charge in [-0.15, -0.1) is 0 Å². The molecule has 0 aliphatic carbocycles. The molecule has 0 spiro atoms. The summed E-state index contributed by atoms with van der Waals surface area (Å²) in [6.07, 6.45) is 1.54. The van der Waals surface area contributed by atoms with Crippen molar-refractivity contribution in [2.75, 3.05) is 4.90 Å². The number of aryl methyl sites for hydroxylation is 1. The first-order chi connectivity index (χ1) is 13.0. The molecule has 1 aliphatic rings. The number of carbonyl (C=O) groups is 3. The van der Waals surface area contributed by atoms with E-state index in [-0.39, 0.29) is 5.57 Å². The Balaban J connectivity index is 1.80. The van der Waals surface area contributed by atoms with Crippen LogP contribution in [0.1, 0.15) is 11.1 Å². The zero-order valence-corrected chi connectivity index (χ0v) is 14.6. The van der Waals surface area contributed by atoms with Crippen LogP contribution >= 0.6 is 0 Å². The highest BCUT2D eigenvalue weighted by Crippen LogP contribution is 2.25. The van der Waals surface area contributed by atoms with Gasteiger partial charge in [0.1, 0.15) is 5.57 Å². The minimum absolute atomic E-state index is 0.0773. The maximum Gasteiger partial charge on any atom is 0.335 e. The van der Waals surface area contributed by atoms with E-state index in [4.69, 9.17) is 0 Å². The molecule has 1 fully saturated rings. The number of hydrogen-bond donors (Lipinski definition) is 1. The third-order valence-electron chi connectivity index (χ3n) is 4.52. The number of urea groups is 1. The summed E-state index contributed by atoms with van der Waals surface area (Å²) in [5, 5.41) is 4.18. The predicted molar refractivity (Wildman–Crippen MR) is 104 cm³/mol. The van der Waals surface area contributed by atoms with E-state index >= 15 is 0 Å². The van der Waals surface area contributed by atoms with Crippen LogP contribution in [0.25, 0.3) is 16.8 Å². The van der Waals surface area contributed by atoms with Crippen molar-refractivity contribution in [2.24, 2.45) is 0 Å². The minimum atomic E-state index is -0.746. The third-order valence-corrected chi connectivity index (χ3v) is 4.52. The van der Waals surface area contributed by atoms with E-state index in [9.17, 15) is 14.4 Å². The molecule has 1 saturated heterocycles. The van der Waals surface area contributed by atoms with Crippen LogP contribution in [0.5, 0.6) is 0 Å². The summed E-state index contributed by atoms with van der Waals surface area (Å²) in [6, 6.07) is 19.6. The molecule has 1 N–H and O–H groups in total. The van der Waals surface area contributed by atoms with Gasteiger partial charge in [-0.05, 0) is 41.5 Å². The van der Waals surface area contributed by atoms with Gasteiger partial charge in [0.15, 0.2) is 0 Å². The molecule has 5 nitrogen and oxygen atoms in total. The smallest absolute Gasteiger partial charge is 0.273 e. The molecule has 0 aromatic heterocycles. The summed E-state index contributed by atoms with van der Waals surface area (Å²) in [4.78, 5) is 38.5. The lowest BCUT2D eigenvalue weighted by Crippen LogP contribution is -2.54. The molecule has 132 valence electrons. The fraction of sp³-hybridized carbons (Fsp3) is 0.0455. The lowest BCUT2D eigenvalue weighted by atomic mass is 10.0. The second-order valence-corrected chi connectivity index (χ2v) is 6.36. The number of rotatable bonds is 2. The molecule has 4 amide bonds. The van der Waals surface area contributed by atoms with Gasteiger partial charge >= 0.3 is 6.03 Å². The highest BCUT2D eigenvalue weighted by molar-refractivity contribution is 6.39. The quantitative estimate of drug-likeness (QED) is 0.561. The summed E-state index contributed by atoms with van der Waals surface area (Å²) in [6.45, 7) is 1.91. The van der Waals surface area contributed by atoms with Gasteiger partial charge in [-0.2, -0.15) is 0 Å². The monoisotopic (exact) mass is 356 g/mol. The first-order valence-electron chi connectivity index (χ1n) is 8.50. The molecule has 27 heavy (non-hydrogen) atoms. The minimum Gasteiger partial charge on any atom is -0.273 e. The summed E-state index contributed by atoms with van der Waals surface area (Å²) in [7, 11) is 0. The van der Waals surface area contributed by atoms with Crippen molar-refractivity contribution in [3.05, 3.63) is 83.4 Å². The fourth-order valence-electron chi connectivity index (χ4n) is 3.12. The topological polar surface area (TPSA) is 66.5 Å². The molecular weight excluding hydrogens is 340 g/mol. The highest BCUT2D eigenvalue weighted by atomic mass is 16.2. The number of carbonyl (C=O) groups excluding carboxylic acids is 3. The van der Waals surface area contributed by atoms with E-state index < -0.39 is 17.8 Å². The van der Waals surface area contributed by atoms with Gasteiger partial charge in [-0.25, -0.2) is 9.69 Å². The largest absolute Gasteiger partial charge is 0.335 e. The Bertz CT molecular complexity index is 1110. The number of benzene rings is 3. The Labute approximate surface area is 155 Å². The zero-order chi connectivity index (χ0) is 19.0. The van der Waals surface area contributed by atoms with Crippen molar-refractivity contribution in [1.29, 1.82) is 0 Å².